The Morgan fingerprint density at radius 1 is 1.50 bits per heavy atom. The van der Waals surface area contributed by atoms with Gasteiger partial charge in [0.1, 0.15) is 0 Å². The van der Waals surface area contributed by atoms with Gasteiger partial charge >= 0.3 is 0 Å². The molecular formula is C10H20N2OS. The lowest BCUT2D eigenvalue weighted by atomic mass is 10.0. The summed E-state index contributed by atoms with van der Waals surface area (Å²) in [6.45, 7) is 5.86. The molecule has 2 unspecified atom stereocenters. The highest BCUT2D eigenvalue weighted by Gasteiger charge is 2.21. The zero-order chi connectivity index (χ0) is 11.3. The molecule has 0 aliphatic carbocycles. The van der Waals surface area contributed by atoms with E-state index in [-0.39, 0.29) is 17.9 Å². The highest BCUT2D eigenvalue weighted by molar-refractivity contribution is 7.80. The molecular weight excluding hydrogens is 196 g/mol. The van der Waals surface area contributed by atoms with Crippen LogP contribution < -0.4 is 5.73 Å². The third-order valence-electron chi connectivity index (χ3n) is 2.48. The second-order valence-electron chi connectivity index (χ2n) is 3.72. The molecule has 0 spiro atoms. The molecule has 0 aliphatic rings. The summed E-state index contributed by atoms with van der Waals surface area (Å²) in [4.78, 5) is 13.8. The summed E-state index contributed by atoms with van der Waals surface area (Å²) >= 11 is 4.85. The minimum absolute atomic E-state index is 0.0572. The first-order valence-electron chi connectivity index (χ1n) is 4.97. The fourth-order valence-electron chi connectivity index (χ4n) is 1.29. The van der Waals surface area contributed by atoms with Crippen molar-refractivity contribution in [2.24, 2.45) is 11.7 Å². The number of carbonyl (C=O) groups is 1. The minimum Gasteiger partial charge on any atom is -0.392 e. The maximum absolute atomic E-state index is 11.8. The lowest BCUT2D eigenvalue weighted by Gasteiger charge is -2.26. The van der Waals surface area contributed by atoms with Crippen LogP contribution in [0.2, 0.25) is 0 Å². The normalized spacial score (nSPS) is 14.6. The number of carbonyl (C=O) groups excluding carboxylic acids is 1. The van der Waals surface area contributed by atoms with Crippen LogP contribution in [0, 0.1) is 5.92 Å². The number of rotatable bonds is 5. The Hall–Kier alpha value is -0.640. The van der Waals surface area contributed by atoms with Gasteiger partial charge < -0.3 is 10.6 Å². The van der Waals surface area contributed by atoms with Crippen LogP contribution in [0.3, 0.4) is 0 Å². The Bertz CT molecular complexity index is 218. The maximum atomic E-state index is 11.8. The van der Waals surface area contributed by atoms with Gasteiger partial charge in [0.05, 0.1) is 11.0 Å². The zero-order valence-electron chi connectivity index (χ0n) is 9.41. The summed E-state index contributed by atoms with van der Waals surface area (Å²) < 4.78 is 0. The predicted octanol–water partition coefficient (Wildman–Crippen LogP) is 1.56. The fraction of sp³-hybridized carbons (Fsp3) is 0.800. The molecule has 3 nitrogen and oxygen atoms in total. The van der Waals surface area contributed by atoms with E-state index in [0.29, 0.717) is 4.99 Å². The van der Waals surface area contributed by atoms with Crippen molar-refractivity contribution in [3.8, 4) is 0 Å². The summed E-state index contributed by atoms with van der Waals surface area (Å²) in [5, 5.41) is 0. The molecule has 0 aliphatic heterocycles. The van der Waals surface area contributed by atoms with Crippen LogP contribution in [0.25, 0.3) is 0 Å². The Morgan fingerprint density at radius 3 is 2.36 bits per heavy atom. The molecule has 0 aromatic rings. The van der Waals surface area contributed by atoms with E-state index >= 15 is 0 Å². The van der Waals surface area contributed by atoms with Crippen LogP contribution in [-0.4, -0.2) is 28.9 Å². The number of amides is 1. The largest absolute Gasteiger partial charge is 0.392 e. The van der Waals surface area contributed by atoms with Crippen LogP contribution in [0.15, 0.2) is 0 Å². The van der Waals surface area contributed by atoms with Gasteiger partial charge in [-0.25, -0.2) is 0 Å². The summed E-state index contributed by atoms with van der Waals surface area (Å²) in [6.07, 6.45) is 1.93. The van der Waals surface area contributed by atoms with Crippen molar-refractivity contribution in [2.75, 3.05) is 7.05 Å². The Kier molecular flexibility index (Phi) is 5.69. The van der Waals surface area contributed by atoms with Gasteiger partial charge in [-0.1, -0.05) is 32.5 Å². The molecule has 0 saturated carbocycles. The minimum atomic E-state index is -0.156. The van der Waals surface area contributed by atoms with Crippen molar-refractivity contribution in [3.63, 3.8) is 0 Å². The molecule has 0 aromatic carbocycles. The van der Waals surface area contributed by atoms with Gasteiger partial charge in [-0.3, -0.25) is 4.79 Å². The Balaban J connectivity index is 4.30. The quantitative estimate of drug-likeness (QED) is 0.709. The summed E-state index contributed by atoms with van der Waals surface area (Å²) in [6, 6.07) is -0.156. The van der Waals surface area contributed by atoms with E-state index in [1.807, 2.05) is 13.8 Å². The number of nitrogens with two attached hydrogens (primary N) is 1. The lowest BCUT2D eigenvalue weighted by molar-refractivity contribution is -0.134. The molecule has 0 rings (SSSR count). The molecule has 0 saturated heterocycles. The van der Waals surface area contributed by atoms with Crippen LogP contribution >= 0.6 is 12.2 Å². The number of likely N-dealkylation sites (N-methyl/N-ethyl adjacent to an activating group) is 1. The monoisotopic (exact) mass is 216 g/mol. The van der Waals surface area contributed by atoms with Crippen molar-refractivity contribution in [1.29, 1.82) is 0 Å². The van der Waals surface area contributed by atoms with E-state index in [4.69, 9.17) is 18.0 Å². The SMILES string of the molecule is CCCC(C)C(=O)N(C)C(C)C(N)=S. The van der Waals surface area contributed by atoms with Gasteiger partial charge in [0.2, 0.25) is 5.91 Å². The van der Waals surface area contributed by atoms with Gasteiger partial charge in [0.15, 0.2) is 0 Å². The van der Waals surface area contributed by atoms with E-state index in [2.05, 4.69) is 6.92 Å². The summed E-state index contributed by atoms with van der Waals surface area (Å²) in [7, 11) is 1.75. The predicted molar refractivity (Wildman–Crippen MR) is 63.1 cm³/mol. The van der Waals surface area contributed by atoms with Crippen molar-refractivity contribution in [3.05, 3.63) is 0 Å². The van der Waals surface area contributed by atoms with Crippen molar-refractivity contribution in [1.82, 2.24) is 4.90 Å². The van der Waals surface area contributed by atoms with Gasteiger partial charge in [-0.05, 0) is 13.3 Å². The van der Waals surface area contributed by atoms with Gasteiger partial charge in [-0.2, -0.15) is 0 Å². The van der Waals surface area contributed by atoms with Gasteiger partial charge in [-0.15, -0.1) is 0 Å². The molecule has 0 fully saturated rings. The molecule has 4 heteroatoms. The summed E-state index contributed by atoms with van der Waals surface area (Å²) in [5.74, 6) is 0.175. The number of hydrogen-bond donors (Lipinski definition) is 1. The number of thiocarbonyl (C=S) groups is 1. The number of hydrogen-bond acceptors (Lipinski definition) is 2. The zero-order valence-corrected chi connectivity index (χ0v) is 10.2. The van der Waals surface area contributed by atoms with Crippen molar-refractivity contribution >= 4 is 23.1 Å². The first-order chi connectivity index (χ1) is 6.41. The Morgan fingerprint density at radius 2 is 2.00 bits per heavy atom. The fourth-order valence-corrected chi connectivity index (χ4v) is 1.44. The molecule has 0 radical (unpaired) electrons. The van der Waals surface area contributed by atoms with Crippen LogP contribution in [0.4, 0.5) is 0 Å². The van der Waals surface area contributed by atoms with Gasteiger partial charge in [0, 0.05) is 13.0 Å². The molecule has 1 amide bonds. The average Bonchev–Trinajstić information content (AvgIpc) is 2.14. The highest BCUT2D eigenvalue weighted by atomic mass is 32.1. The van der Waals surface area contributed by atoms with E-state index in [9.17, 15) is 4.79 Å². The average molecular weight is 216 g/mol. The smallest absolute Gasteiger partial charge is 0.225 e. The molecule has 2 atom stereocenters. The van der Waals surface area contributed by atoms with E-state index in [0.717, 1.165) is 12.8 Å². The molecule has 2 N–H and O–H groups in total. The first kappa shape index (κ1) is 13.4. The second-order valence-corrected chi connectivity index (χ2v) is 4.19. The third-order valence-corrected chi connectivity index (χ3v) is 2.82. The van der Waals surface area contributed by atoms with Crippen molar-refractivity contribution in [2.45, 2.75) is 39.7 Å². The summed E-state index contributed by atoms with van der Waals surface area (Å²) in [5.41, 5.74) is 5.49. The van der Waals surface area contributed by atoms with E-state index < -0.39 is 0 Å². The molecule has 82 valence electrons. The van der Waals surface area contributed by atoms with Crippen LogP contribution in [0.5, 0.6) is 0 Å². The molecule has 14 heavy (non-hydrogen) atoms. The van der Waals surface area contributed by atoms with Crippen LogP contribution in [0.1, 0.15) is 33.6 Å². The highest BCUT2D eigenvalue weighted by Crippen LogP contribution is 2.10. The van der Waals surface area contributed by atoms with E-state index in [1.165, 1.54) is 0 Å². The Labute approximate surface area is 91.6 Å². The third kappa shape index (κ3) is 3.62. The molecule has 0 bridgehead atoms. The van der Waals surface area contributed by atoms with Gasteiger partial charge in [0.25, 0.3) is 0 Å². The number of nitrogens with zero attached hydrogens (tertiary/aromatic N) is 1. The van der Waals surface area contributed by atoms with Crippen molar-refractivity contribution < 1.29 is 4.79 Å². The van der Waals surface area contributed by atoms with Crippen LogP contribution in [-0.2, 0) is 4.79 Å². The lowest BCUT2D eigenvalue weighted by Crippen LogP contribution is -2.44. The maximum Gasteiger partial charge on any atom is 0.225 e. The topological polar surface area (TPSA) is 46.3 Å². The molecule has 0 heterocycles. The first-order valence-corrected chi connectivity index (χ1v) is 5.38. The van der Waals surface area contributed by atoms with E-state index in [1.54, 1.807) is 11.9 Å². The second kappa shape index (κ2) is 5.96. The molecule has 0 aromatic heterocycles. The standard InChI is InChI=1S/C10H20N2OS/c1-5-6-7(2)10(13)12(4)8(3)9(11)14/h7-8H,5-6H2,1-4H3,(H2,11,14).